The Labute approximate surface area is 205 Å². The molecule has 1 fully saturated rings. The Balaban J connectivity index is 1.66. The van der Waals surface area contributed by atoms with Gasteiger partial charge in [0.15, 0.2) is 0 Å². The van der Waals surface area contributed by atoms with Crippen molar-refractivity contribution in [1.82, 2.24) is 9.88 Å². The van der Waals surface area contributed by atoms with Crippen LogP contribution in [0.15, 0.2) is 36.4 Å². The maximum atomic E-state index is 13.4. The van der Waals surface area contributed by atoms with Gasteiger partial charge in [-0.2, -0.15) is 0 Å². The molecule has 10 nitrogen and oxygen atoms in total. The summed E-state index contributed by atoms with van der Waals surface area (Å²) in [5, 5.41) is 13.4. The lowest BCUT2D eigenvalue weighted by Gasteiger charge is -2.23. The topological polar surface area (TPSA) is 127 Å². The number of para-hydroxylation sites is 1. The number of hydrogen-bond acceptors (Lipinski definition) is 9. The molecule has 4 rings (SSSR count). The van der Waals surface area contributed by atoms with Gasteiger partial charge < -0.3 is 24.6 Å². The summed E-state index contributed by atoms with van der Waals surface area (Å²) in [5.74, 6) is -0.448. The Kier molecular flexibility index (Phi) is 7.17. The Morgan fingerprint density at radius 1 is 1.26 bits per heavy atom. The molecule has 11 heteroatoms. The van der Waals surface area contributed by atoms with Crippen molar-refractivity contribution in [2.24, 2.45) is 0 Å². The lowest BCUT2D eigenvalue weighted by atomic mass is 10.1. The van der Waals surface area contributed by atoms with Crippen LogP contribution in [0.1, 0.15) is 28.7 Å². The van der Waals surface area contributed by atoms with Crippen molar-refractivity contribution >= 4 is 45.2 Å². The number of fused-ring (bicyclic) bond motifs is 1. The summed E-state index contributed by atoms with van der Waals surface area (Å²) in [7, 11) is 1.48. The normalized spacial score (nSPS) is 17.3. The fourth-order valence-electron chi connectivity index (χ4n) is 3.92. The van der Waals surface area contributed by atoms with Crippen LogP contribution >= 0.6 is 11.3 Å². The molecule has 2 atom stereocenters. The lowest BCUT2D eigenvalue weighted by Crippen LogP contribution is -2.44. The van der Waals surface area contributed by atoms with Gasteiger partial charge in [0.05, 0.1) is 37.4 Å². The number of aliphatic hydroxyl groups excluding tert-OH is 1. The van der Waals surface area contributed by atoms with Crippen molar-refractivity contribution in [3.8, 4) is 11.5 Å². The number of benzene rings is 1. The van der Waals surface area contributed by atoms with Crippen molar-refractivity contribution in [2.75, 3.05) is 25.6 Å². The molecule has 0 bridgehead atoms. The first-order valence-electron chi connectivity index (χ1n) is 11.0. The van der Waals surface area contributed by atoms with E-state index in [4.69, 9.17) is 14.2 Å². The molecule has 0 aliphatic carbocycles. The molecule has 2 aromatic heterocycles. The fraction of sp³-hybridized carbons (Fsp3) is 0.333. The van der Waals surface area contributed by atoms with E-state index in [2.05, 4.69) is 10.3 Å². The van der Waals surface area contributed by atoms with Gasteiger partial charge in [-0.15, -0.1) is 11.3 Å². The van der Waals surface area contributed by atoms with Gasteiger partial charge in [0.25, 0.3) is 0 Å². The van der Waals surface area contributed by atoms with Gasteiger partial charge in [0.2, 0.25) is 5.91 Å². The summed E-state index contributed by atoms with van der Waals surface area (Å²) in [6.45, 7) is 3.56. The van der Waals surface area contributed by atoms with Gasteiger partial charge in [-0.1, -0.05) is 18.2 Å². The summed E-state index contributed by atoms with van der Waals surface area (Å²) in [4.78, 5) is 45.2. The van der Waals surface area contributed by atoms with Crippen molar-refractivity contribution in [3.63, 3.8) is 0 Å². The largest absolute Gasteiger partial charge is 0.496 e. The van der Waals surface area contributed by atoms with Crippen LogP contribution in [-0.2, 0) is 9.53 Å². The first-order chi connectivity index (χ1) is 16.8. The lowest BCUT2D eigenvalue weighted by molar-refractivity contribution is -0.119. The van der Waals surface area contributed by atoms with Crippen molar-refractivity contribution < 1.29 is 33.7 Å². The number of rotatable bonds is 6. The number of carbonyl (C=O) groups is 3. The number of nitrogens with zero attached hydrogens (tertiary/aromatic N) is 2. The predicted molar refractivity (Wildman–Crippen MR) is 129 cm³/mol. The average Bonchev–Trinajstić information content (AvgIpc) is 3.40. The molecule has 184 valence electrons. The second-order valence-electron chi connectivity index (χ2n) is 7.90. The van der Waals surface area contributed by atoms with Crippen molar-refractivity contribution in [1.29, 1.82) is 0 Å². The molecule has 1 aromatic carbocycles. The van der Waals surface area contributed by atoms with Crippen LogP contribution in [0.2, 0.25) is 0 Å². The molecule has 1 aliphatic rings. The number of β-amino-alcohol motifs (C(OH)–C–C–N with tert-alkyl or cyclic N) is 1. The van der Waals surface area contributed by atoms with E-state index in [0.29, 0.717) is 27.4 Å². The van der Waals surface area contributed by atoms with Crippen LogP contribution in [0, 0.1) is 6.92 Å². The molecule has 3 aromatic rings. The number of aromatic nitrogens is 1. The standard InChI is InChI=1S/C24H25N3O7S/c1-4-33-23(30)20-19(18-17(32-3)10-13(2)25-22(18)35-20)26-21(29)16-11-14(28)12-27(16)24(31)34-15-8-6-5-7-9-15/h5-10,14,16,28H,4,11-12H2,1-3H3,(H,26,29)/t14-,16+/m1/s1. The minimum Gasteiger partial charge on any atom is -0.496 e. The first kappa shape index (κ1) is 24.4. The highest BCUT2D eigenvalue weighted by atomic mass is 32.1. The highest BCUT2D eigenvalue weighted by molar-refractivity contribution is 7.21. The van der Waals surface area contributed by atoms with Crippen molar-refractivity contribution in [2.45, 2.75) is 32.4 Å². The number of pyridine rings is 1. The number of likely N-dealkylation sites (tertiary alicyclic amines) is 1. The summed E-state index contributed by atoms with van der Waals surface area (Å²) < 4.78 is 16.0. The quantitative estimate of drug-likeness (QED) is 0.494. The predicted octanol–water partition coefficient (Wildman–Crippen LogP) is 3.36. The van der Waals surface area contributed by atoms with Gasteiger partial charge in [-0.05, 0) is 26.0 Å². The smallest absolute Gasteiger partial charge is 0.416 e. The molecule has 0 saturated carbocycles. The Bertz CT molecular complexity index is 1260. The monoisotopic (exact) mass is 499 g/mol. The third-order valence-corrected chi connectivity index (χ3v) is 6.51. The number of aliphatic hydroxyl groups is 1. The zero-order chi connectivity index (χ0) is 25.1. The Morgan fingerprint density at radius 2 is 2.00 bits per heavy atom. The average molecular weight is 500 g/mol. The minimum absolute atomic E-state index is 0.0149. The number of aryl methyl sites for hydroxylation is 1. The first-order valence-corrected chi connectivity index (χ1v) is 11.8. The van der Waals surface area contributed by atoms with Gasteiger partial charge >= 0.3 is 12.1 Å². The number of amides is 2. The number of nitrogens with one attached hydrogen (secondary N) is 1. The maximum Gasteiger partial charge on any atom is 0.416 e. The van der Waals surface area contributed by atoms with Gasteiger partial charge in [-0.3, -0.25) is 9.69 Å². The highest BCUT2D eigenvalue weighted by Crippen LogP contribution is 2.41. The summed E-state index contributed by atoms with van der Waals surface area (Å²) in [6, 6.07) is 9.12. The van der Waals surface area contributed by atoms with E-state index in [-0.39, 0.29) is 30.1 Å². The summed E-state index contributed by atoms with van der Waals surface area (Å²) >= 11 is 1.07. The van der Waals surface area contributed by atoms with Crippen LogP contribution in [0.5, 0.6) is 11.5 Å². The van der Waals surface area contributed by atoms with Crippen LogP contribution in [-0.4, -0.2) is 65.4 Å². The van der Waals surface area contributed by atoms with Gasteiger partial charge in [0, 0.05) is 18.2 Å². The number of hydrogen-bond donors (Lipinski definition) is 2. The molecule has 1 aliphatic heterocycles. The van der Waals surface area contributed by atoms with E-state index in [1.54, 1.807) is 50.2 Å². The van der Waals surface area contributed by atoms with Crippen LogP contribution < -0.4 is 14.8 Å². The third-order valence-electron chi connectivity index (χ3n) is 5.45. The molecule has 0 radical (unpaired) electrons. The highest BCUT2D eigenvalue weighted by Gasteiger charge is 2.41. The second-order valence-corrected chi connectivity index (χ2v) is 8.90. The van der Waals surface area contributed by atoms with E-state index < -0.39 is 30.1 Å². The van der Waals surface area contributed by atoms with E-state index >= 15 is 0 Å². The Morgan fingerprint density at radius 3 is 2.69 bits per heavy atom. The summed E-state index contributed by atoms with van der Waals surface area (Å²) in [6.07, 6.45) is -1.65. The molecule has 1 saturated heterocycles. The third kappa shape index (κ3) is 5.05. The molecular weight excluding hydrogens is 474 g/mol. The van der Waals surface area contributed by atoms with E-state index in [9.17, 15) is 19.5 Å². The number of thiophene rings is 1. The second kappa shape index (κ2) is 10.3. The SMILES string of the molecule is CCOC(=O)c1sc2nc(C)cc(OC)c2c1NC(=O)[C@@H]1C[C@@H](O)CN1C(=O)Oc1ccccc1. The molecule has 35 heavy (non-hydrogen) atoms. The number of ether oxygens (including phenoxy) is 3. The Hall–Kier alpha value is -3.70. The number of anilines is 1. The van der Waals surface area contributed by atoms with E-state index in [1.165, 1.54) is 12.0 Å². The van der Waals surface area contributed by atoms with Crippen molar-refractivity contribution in [3.05, 3.63) is 47.0 Å². The van der Waals surface area contributed by atoms with Gasteiger partial charge in [0.1, 0.15) is 27.2 Å². The summed E-state index contributed by atoms with van der Waals surface area (Å²) in [5.41, 5.74) is 0.869. The molecule has 3 heterocycles. The van der Waals surface area contributed by atoms with Crippen LogP contribution in [0.25, 0.3) is 10.2 Å². The number of methoxy groups -OCH3 is 1. The van der Waals surface area contributed by atoms with Crippen LogP contribution in [0.4, 0.5) is 10.5 Å². The fourth-order valence-corrected chi connectivity index (χ4v) is 5.01. The van der Waals surface area contributed by atoms with E-state index in [0.717, 1.165) is 11.3 Å². The van der Waals surface area contributed by atoms with Gasteiger partial charge in [-0.25, -0.2) is 14.6 Å². The molecule has 0 spiro atoms. The van der Waals surface area contributed by atoms with Crippen LogP contribution in [0.3, 0.4) is 0 Å². The van der Waals surface area contributed by atoms with E-state index in [1.807, 2.05) is 0 Å². The molecule has 2 amide bonds. The molecule has 2 N–H and O–H groups in total. The minimum atomic E-state index is -1.02. The maximum absolute atomic E-state index is 13.4. The molecule has 0 unspecified atom stereocenters. The zero-order valence-corrected chi connectivity index (χ0v) is 20.3. The number of carbonyl (C=O) groups excluding carboxylic acids is 3. The zero-order valence-electron chi connectivity index (χ0n) is 19.4. The molecular formula is C24H25N3O7S. The number of esters is 1.